The summed E-state index contributed by atoms with van der Waals surface area (Å²) in [7, 11) is 3.31. The van der Waals surface area contributed by atoms with Gasteiger partial charge in [0, 0.05) is 23.3 Å². The van der Waals surface area contributed by atoms with Gasteiger partial charge in [-0.05, 0) is 78.1 Å². The third-order valence-electron chi connectivity index (χ3n) is 8.47. The van der Waals surface area contributed by atoms with Gasteiger partial charge in [-0.3, -0.25) is 0 Å². The van der Waals surface area contributed by atoms with Crippen molar-refractivity contribution in [2.45, 2.75) is 31.7 Å². The average molecular weight is 567 g/mol. The molecule has 5 aromatic rings. The van der Waals surface area contributed by atoms with E-state index in [1.54, 1.807) is 14.2 Å². The van der Waals surface area contributed by atoms with Gasteiger partial charge >= 0.3 is 0 Å². The zero-order chi connectivity index (χ0) is 28.8. The summed E-state index contributed by atoms with van der Waals surface area (Å²) in [6, 6.07) is 21.5. The first-order chi connectivity index (χ1) is 20.5. The molecule has 0 saturated heterocycles. The Kier molecular flexibility index (Phi) is 6.65. The van der Waals surface area contributed by atoms with E-state index in [2.05, 4.69) is 29.0 Å². The fraction of sp³-hybridized carbons (Fsp3) is 0.229. The summed E-state index contributed by atoms with van der Waals surface area (Å²) in [5, 5.41) is 2.04. The molecule has 4 aromatic carbocycles. The van der Waals surface area contributed by atoms with Crippen molar-refractivity contribution < 1.29 is 32.3 Å². The highest BCUT2D eigenvalue weighted by molar-refractivity contribution is 5.95. The average Bonchev–Trinajstić information content (AvgIpc) is 3.48. The van der Waals surface area contributed by atoms with Crippen molar-refractivity contribution in [3.63, 3.8) is 0 Å². The molecule has 0 unspecified atom stereocenters. The van der Waals surface area contributed by atoms with Crippen LogP contribution < -0.4 is 23.5 Å². The van der Waals surface area contributed by atoms with Crippen molar-refractivity contribution >= 4 is 10.8 Å². The highest BCUT2D eigenvalue weighted by atomic mass is 19.1. The lowest BCUT2D eigenvalue weighted by atomic mass is 9.83. The first-order valence-corrected chi connectivity index (χ1v) is 14.1. The lowest BCUT2D eigenvalue weighted by Gasteiger charge is -2.23. The predicted molar refractivity (Wildman–Crippen MR) is 155 cm³/mol. The van der Waals surface area contributed by atoms with Gasteiger partial charge in [-0.1, -0.05) is 24.3 Å². The van der Waals surface area contributed by atoms with E-state index < -0.39 is 0 Å². The van der Waals surface area contributed by atoms with Gasteiger partial charge in [0.2, 0.25) is 12.5 Å². The van der Waals surface area contributed by atoms with Gasteiger partial charge in [-0.15, -0.1) is 0 Å². The van der Waals surface area contributed by atoms with Crippen LogP contribution in [0.3, 0.4) is 0 Å². The lowest BCUT2D eigenvalue weighted by molar-refractivity contribution is -0.686. The summed E-state index contributed by atoms with van der Waals surface area (Å²) < 4.78 is 53.1. The Morgan fingerprint density at radius 2 is 1.48 bits per heavy atom. The zero-order valence-electron chi connectivity index (χ0n) is 23.5. The Labute approximate surface area is 242 Å². The fourth-order valence-corrected chi connectivity index (χ4v) is 6.47. The number of aromatic nitrogens is 1. The van der Waals surface area contributed by atoms with Crippen LogP contribution in [0, 0.1) is 11.6 Å². The minimum Gasteiger partial charge on any atom is -0.493 e. The summed E-state index contributed by atoms with van der Waals surface area (Å²) in [4.78, 5) is 0. The van der Waals surface area contributed by atoms with Crippen molar-refractivity contribution in [1.82, 2.24) is 0 Å². The van der Waals surface area contributed by atoms with E-state index in [9.17, 15) is 8.78 Å². The van der Waals surface area contributed by atoms with Gasteiger partial charge in [0.05, 0.1) is 25.2 Å². The fourth-order valence-electron chi connectivity index (χ4n) is 6.47. The molecule has 5 nitrogen and oxygen atoms in total. The Hall–Kier alpha value is -4.65. The molecule has 2 aliphatic rings. The Morgan fingerprint density at radius 1 is 0.810 bits per heavy atom. The number of nitrogens with zero attached hydrogens (tertiary/aromatic N) is 1. The molecule has 1 aromatic heterocycles. The molecule has 7 rings (SSSR count). The van der Waals surface area contributed by atoms with E-state index in [1.807, 2.05) is 30.3 Å². The van der Waals surface area contributed by atoms with Crippen LogP contribution in [0.4, 0.5) is 8.78 Å². The summed E-state index contributed by atoms with van der Waals surface area (Å²) >= 11 is 0. The van der Waals surface area contributed by atoms with Crippen LogP contribution in [0.5, 0.6) is 23.0 Å². The number of aryl methyl sites for hydroxylation is 3. The van der Waals surface area contributed by atoms with Crippen LogP contribution >= 0.6 is 0 Å². The topological polar surface area (TPSA) is 40.8 Å². The number of rotatable bonds is 7. The maximum Gasteiger partial charge on any atom is 0.231 e. The second kappa shape index (κ2) is 10.6. The van der Waals surface area contributed by atoms with E-state index >= 15 is 0 Å². The molecule has 0 bridgehead atoms. The molecule has 212 valence electrons. The SMILES string of the molecule is COc1ccc2c(CCC(c3ccc(F)cc3)c3ccc(F)cc3)c3[n+](cc2c1OC)CCc1cc2c(cc1-3)OCO2. The smallest absolute Gasteiger partial charge is 0.231 e. The molecule has 42 heavy (non-hydrogen) atoms. The third-order valence-corrected chi connectivity index (χ3v) is 8.47. The maximum atomic E-state index is 13.9. The molecule has 0 saturated carbocycles. The molecular weight excluding hydrogens is 536 g/mol. The number of benzene rings is 4. The lowest BCUT2D eigenvalue weighted by Crippen LogP contribution is -2.41. The highest BCUT2D eigenvalue weighted by Gasteiger charge is 2.32. The number of hydrogen-bond donors (Lipinski definition) is 0. The van der Waals surface area contributed by atoms with Crippen molar-refractivity contribution in [1.29, 1.82) is 0 Å². The minimum absolute atomic E-state index is 0.0675. The van der Waals surface area contributed by atoms with Gasteiger partial charge in [-0.25, -0.2) is 8.78 Å². The molecule has 0 aliphatic carbocycles. The summed E-state index contributed by atoms with van der Waals surface area (Å²) in [6.45, 7) is 1.02. The molecule has 2 aliphatic heterocycles. The van der Waals surface area contributed by atoms with Crippen LogP contribution in [-0.4, -0.2) is 21.0 Å². The number of ether oxygens (including phenoxy) is 4. The van der Waals surface area contributed by atoms with Gasteiger partial charge in [-0.2, -0.15) is 4.57 Å². The molecule has 7 heteroatoms. The van der Waals surface area contributed by atoms with Gasteiger partial charge in [0.1, 0.15) is 11.6 Å². The van der Waals surface area contributed by atoms with Crippen LogP contribution in [0.25, 0.3) is 22.0 Å². The first-order valence-electron chi connectivity index (χ1n) is 14.1. The number of halogens is 2. The Balaban J connectivity index is 1.41. The van der Waals surface area contributed by atoms with Gasteiger partial charge < -0.3 is 18.9 Å². The van der Waals surface area contributed by atoms with Crippen LogP contribution in [0.2, 0.25) is 0 Å². The monoisotopic (exact) mass is 566 g/mol. The normalized spacial score (nSPS) is 13.3. The quantitative estimate of drug-likeness (QED) is 0.197. The first kappa shape index (κ1) is 26.3. The van der Waals surface area contributed by atoms with E-state index in [4.69, 9.17) is 18.9 Å². The Morgan fingerprint density at radius 3 is 2.12 bits per heavy atom. The molecule has 0 N–H and O–H groups in total. The van der Waals surface area contributed by atoms with Crippen molar-refractivity contribution in [3.05, 3.63) is 113 Å². The second-order valence-electron chi connectivity index (χ2n) is 10.7. The standard InChI is InChI=1S/C35H30F2NO4/c1-39-31-14-13-27-28(12-11-26(21-3-7-24(36)8-4-21)22-5-9-25(37)10-6-22)34-29-18-33-32(41-20-42-33)17-23(29)15-16-38(34)19-30(27)35(31)40-2/h3-10,13-14,17-19,26H,11-12,15-16,20H2,1-2H3/q+1. The van der Waals surface area contributed by atoms with Crippen molar-refractivity contribution in [2.75, 3.05) is 21.0 Å². The van der Waals surface area contributed by atoms with Crippen molar-refractivity contribution in [2.24, 2.45) is 0 Å². The van der Waals surface area contributed by atoms with Crippen LogP contribution in [0.15, 0.2) is 79.0 Å². The van der Waals surface area contributed by atoms with Crippen LogP contribution in [0.1, 0.15) is 34.6 Å². The number of hydrogen-bond acceptors (Lipinski definition) is 4. The summed E-state index contributed by atoms with van der Waals surface area (Å²) in [5.41, 5.74) is 6.60. The third kappa shape index (κ3) is 4.49. The Bertz CT molecular complexity index is 1760. The maximum absolute atomic E-state index is 13.9. The molecule has 0 fully saturated rings. The largest absolute Gasteiger partial charge is 0.493 e. The van der Waals surface area contributed by atoms with E-state index in [0.717, 1.165) is 64.0 Å². The number of methoxy groups -OCH3 is 2. The summed E-state index contributed by atoms with van der Waals surface area (Å²) in [6.07, 6.45) is 4.43. The van der Waals surface area contributed by atoms with E-state index in [-0.39, 0.29) is 24.3 Å². The zero-order valence-corrected chi connectivity index (χ0v) is 23.5. The molecular formula is C35H30F2NO4+. The van der Waals surface area contributed by atoms with Crippen molar-refractivity contribution in [3.8, 4) is 34.3 Å². The molecule has 0 radical (unpaired) electrons. The predicted octanol–water partition coefficient (Wildman–Crippen LogP) is 7.14. The van der Waals surface area contributed by atoms with Crippen LogP contribution in [-0.2, 0) is 19.4 Å². The highest BCUT2D eigenvalue weighted by Crippen LogP contribution is 2.44. The number of pyridine rings is 1. The second-order valence-corrected chi connectivity index (χ2v) is 10.7. The minimum atomic E-state index is -0.285. The van der Waals surface area contributed by atoms with E-state index in [1.165, 1.54) is 35.4 Å². The number of fused-ring (bicyclic) bond motifs is 5. The van der Waals surface area contributed by atoms with Gasteiger partial charge in [0.15, 0.2) is 35.7 Å². The molecule has 0 spiro atoms. The molecule has 3 heterocycles. The summed E-state index contributed by atoms with van der Waals surface area (Å²) in [5.74, 6) is 2.25. The molecule has 0 atom stereocenters. The van der Waals surface area contributed by atoms with E-state index in [0.29, 0.717) is 17.9 Å². The molecule has 0 amide bonds. The van der Waals surface area contributed by atoms with Gasteiger partial charge in [0.25, 0.3) is 0 Å².